The van der Waals surface area contributed by atoms with Crippen molar-refractivity contribution >= 4 is 11.8 Å². The van der Waals surface area contributed by atoms with Gasteiger partial charge in [0.25, 0.3) is 0 Å². The van der Waals surface area contributed by atoms with E-state index in [9.17, 15) is 9.59 Å². The topological polar surface area (TPSA) is 67.7 Å². The van der Waals surface area contributed by atoms with Crippen LogP contribution in [0.1, 0.15) is 36.6 Å². The van der Waals surface area contributed by atoms with Gasteiger partial charge >= 0.3 is 0 Å². The maximum absolute atomic E-state index is 12.9. The van der Waals surface area contributed by atoms with E-state index in [-0.39, 0.29) is 24.0 Å². The van der Waals surface area contributed by atoms with Gasteiger partial charge < -0.3 is 14.5 Å². The molecule has 0 bridgehead atoms. The van der Waals surface area contributed by atoms with Gasteiger partial charge in [-0.15, -0.1) is 0 Å². The third-order valence-corrected chi connectivity index (χ3v) is 6.44. The minimum absolute atomic E-state index is 0.0875. The van der Waals surface area contributed by atoms with Crippen LogP contribution in [0.5, 0.6) is 0 Å². The normalized spacial score (nSPS) is 28.7. The van der Waals surface area contributed by atoms with Crippen LogP contribution < -0.4 is 0 Å². The van der Waals surface area contributed by atoms with E-state index in [1.54, 1.807) is 10.9 Å². The number of carbonyl (C=O) groups excluding carboxylic acids is 2. The molecule has 0 radical (unpaired) electrons. The van der Waals surface area contributed by atoms with E-state index in [2.05, 4.69) is 5.10 Å². The molecular formula is C21H24N4O3. The van der Waals surface area contributed by atoms with Crippen LogP contribution in [0.4, 0.5) is 0 Å². The zero-order valence-corrected chi connectivity index (χ0v) is 16.0. The van der Waals surface area contributed by atoms with Gasteiger partial charge in [-0.25, -0.2) is 0 Å². The maximum Gasteiger partial charge on any atom is 0.227 e. The highest BCUT2D eigenvalue weighted by molar-refractivity contribution is 5.84. The lowest BCUT2D eigenvalue weighted by Crippen LogP contribution is -2.48. The van der Waals surface area contributed by atoms with Crippen LogP contribution in [0.15, 0.2) is 42.6 Å². The molecule has 0 aliphatic carbocycles. The van der Waals surface area contributed by atoms with E-state index < -0.39 is 5.72 Å². The first kappa shape index (κ1) is 17.4. The number of rotatable bonds is 4. The first-order chi connectivity index (χ1) is 13.6. The molecule has 3 fully saturated rings. The van der Waals surface area contributed by atoms with E-state index in [1.165, 1.54) is 0 Å². The van der Waals surface area contributed by atoms with Gasteiger partial charge in [-0.1, -0.05) is 30.3 Å². The average molecular weight is 380 g/mol. The fraction of sp³-hybridized carbons (Fsp3) is 0.476. The molecule has 0 saturated carbocycles. The number of aromatic nitrogens is 2. The number of benzene rings is 1. The van der Waals surface area contributed by atoms with E-state index in [0.29, 0.717) is 38.8 Å². The Morgan fingerprint density at radius 3 is 2.86 bits per heavy atom. The Bertz CT molecular complexity index is 911. The van der Waals surface area contributed by atoms with E-state index in [0.717, 1.165) is 11.3 Å². The number of amides is 2. The zero-order valence-electron chi connectivity index (χ0n) is 16.0. The molecule has 7 heteroatoms. The summed E-state index contributed by atoms with van der Waals surface area (Å²) >= 11 is 0. The molecular weight excluding hydrogens is 356 g/mol. The molecule has 3 saturated heterocycles. The van der Waals surface area contributed by atoms with Crippen LogP contribution in [-0.2, 0) is 27.8 Å². The number of aryl methyl sites for hydroxylation is 2. The smallest absolute Gasteiger partial charge is 0.227 e. The van der Waals surface area contributed by atoms with Crippen molar-refractivity contribution in [2.24, 2.45) is 7.05 Å². The Kier molecular flexibility index (Phi) is 4.01. The summed E-state index contributed by atoms with van der Waals surface area (Å²) in [6, 6.07) is 11.8. The Morgan fingerprint density at radius 1 is 1.29 bits per heavy atom. The summed E-state index contributed by atoms with van der Waals surface area (Å²) in [4.78, 5) is 29.4. The van der Waals surface area contributed by atoms with Crippen LogP contribution in [0.2, 0.25) is 0 Å². The number of ether oxygens (including phenoxy) is 1. The van der Waals surface area contributed by atoms with E-state index >= 15 is 0 Å². The number of carbonyl (C=O) groups is 2. The maximum atomic E-state index is 12.9. The Balaban J connectivity index is 1.33. The van der Waals surface area contributed by atoms with E-state index in [1.807, 2.05) is 53.2 Å². The second-order valence-corrected chi connectivity index (χ2v) is 7.87. The molecule has 0 unspecified atom stereocenters. The standard InChI is InChI=1S/C21H24N4O3/c1-23-16(9-11-22-23)7-8-19(26)24-12-10-21-18(24)13-20(27)25(21)14-17(28-21)15-5-3-2-4-6-15/h2-6,9,11,17-18H,7-8,10,12-14H2,1H3/t17-,18-,21+/m1/s1. The predicted octanol–water partition coefficient (Wildman–Crippen LogP) is 1.65. The number of nitrogens with zero attached hydrogens (tertiary/aromatic N) is 4. The van der Waals surface area contributed by atoms with Gasteiger partial charge in [-0.2, -0.15) is 5.10 Å². The van der Waals surface area contributed by atoms with Crippen LogP contribution in [0.3, 0.4) is 0 Å². The van der Waals surface area contributed by atoms with Crippen LogP contribution >= 0.6 is 0 Å². The lowest BCUT2D eigenvalue weighted by Gasteiger charge is -2.32. The van der Waals surface area contributed by atoms with Gasteiger partial charge in [-0.3, -0.25) is 14.3 Å². The predicted molar refractivity (Wildman–Crippen MR) is 101 cm³/mol. The molecule has 1 aromatic heterocycles. The van der Waals surface area contributed by atoms with Crippen LogP contribution in [-0.4, -0.2) is 56.3 Å². The molecule has 1 aromatic carbocycles. The quantitative estimate of drug-likeness (QED) is 0.809. The highest BCUT2D eigenvalue weighted by Crippen LogP contribution is 2.50. The van der Waals surface area contributed by atoms with Gasteiger partial charge in [0, 0.05) is 38.3 Å². The minimum atomic E-state index is -0.653. The fourth-order valence-corrected chi connectivity index (χ4v) is 4.99. The monoisotopic (exact) mass is 380 g/mol. The van der Waals surface area contributed by atoms with Crippen molar-refractivity contribution < 1.29 is 14.3 Å². The van der Waals surface area contributed by atoms with Crippen molar-refractivity contribution in [2.75, 3.05) is 13.1 Å². The Labute approximate surface area is 163 Å². The third-order valence-electron chi connectivity index (χ3n) is 6.44. The van der Waals surface area contributed by atoms with Gasteiger partial charge in [-0.05, 0) is 18.1 Å². The Hall–Kier alpha value is -2.67. The second kappa shape index (κ2) is 6.44. The first-order valence-corrected chi connectivity index (χ1v) is 9.88. The third kappa shape index (κ3) is 2.57. The molecule has 146 valence electrons. The molecule has 4 heterocycles. The number of hydrogen-bond acceptors (Lipinski definition) is 4. The van der Waals surface area contributed by atoms with Crippen molar-refractivity contribution in [1.82, 2.24) is 19.6 Å². The summed E-state index contributed by atoms with van der Waals surface area (Å²) in [6.07, 6.45) is 3.73. The highest BCUT2D eigenvalue weighted by atomic mass is 16.5. The summed E-state index contributed by atoms with van der Waals surface area (Å²) < 4.78 is 8.30. The number of likely N-dealkylation sites (tertiary alicyclic amines) is 1. The van der Waals surface area contributed by atoms with Crippen molar-refractivity contribution in [3.63, 3.8) is 0 Å². The molecule has 3 aliphatic heterocycles. The fourth-order valence-electron chi connectivity index (χ4n) is 4.99. The largest absolute Gasteiger partial charge is 0.343 e. The molecule has 28 heavy (non-hydrogen) atoms. The average Bonchev–Trinajstić information content (AvgIpc) is 3.43. The SMILES string of the molecule is Cn1nccc1CCC(=O)N1CC[C@@]23O[C@@H](c4ccccc4)CN2C(=O)C[C@@H]13. The molecule has 5 rings (SSSR count). The minimum Gasteiger partial charge on any atom is -0.343 e. The van der Waals surface area contributed by atoms with Crippen molar-refractivity contribution in [3.05, 3.63) is 53.9 Å². The summed E-state index contributed by atoms with van der Waals surface area (Å²) in [7, 11) is 1.88. The summed E-state index contributed by atoms with van der Waals surface area (Å²) in [5.74, 6) is 0.178. The van der Waals surface area contributed by atoms with Crippen LogP contribution in [0, 0.1) is 0 Å². The molecule has 2 aromatic rings. The summed E-state index contributed by atoms with van der Waals surface area (Å²) in [5, 5.41) is 4.16. The zero-order chi connectivity index (χ0) is 19.3. The summed E-state index contributed by atoms with van der Waals surface area (Å²) in [5.41, 5.74) is 1.46. The van der Waals surface area contributed by atoms with Crippen LogP contribution in [0.25, 0.3) is 0 Å². The van der Waals surface area contributed by atoms with Gasteiger partial charge in [0.05, 0.1) is 19.0 Å². The molecule has 3 atom stereocenters. The van der Waals surface area contributed by atoms with Gasteiger partial charge in [0.1, 0.15) is 6.10 Å². The summed E-state index contributed by atoms with van der Waals surface area (Å²) in [6.45, 7) is 1.20. The first-order valence-electron chi connectivity index (χ1n) is 9.88. The van der Waals surface area contributed by atoms with Crippen molar-refractivity contribution in [2.45, 2.75) is 43.6 Å². The number of hydrogen-bond donors (Lipinski definition) is 0. The van der Waals surface area contributed by atoms with Gasteiger partial charge in [0.2, 0.25) is 11.8 Å². The highest BCUT2D eigenvalue weighted by Gasteiger charge is 2.64. The molecule has 2 amide bonds. The van der Waals surface area contributed by atoms with Crippen molar-refractivity contribution in [1.29, 1.82) is 0 Å². The molecule has 3 aliphatic rings. The van der Waals surface area contributed by atoms with E-state index in [4.69, 9.17) is 4.74 Å². The second-order valence-electron chi connectivity index (χ2n) is 7.87. The molecule has 7 nitrogen and oxygen atoms in total. The van der Waals surface area contributed by atoms with Crippen molar-refractivity contribution in [3.8, 4) is 0 Å². The Morgan fingerprint density at radius 2 is 2.11 bits per heavy atom. The van der Waals surface area contributed by atoms with Gasteiger partial charge in [0.15, 0.2) is 5.72 Å². The lowest BCUT2D eigenvalue weighted by molar-refractivity contribution is -0.142. The lowest BCUT2D eigenvalue weighted by atomic mass is 10.1. The molecule has 1 spiro atoms. The molecule has 0 N–H and O–H groups in total.